The molecule has 2 N–H and O–H groups in total. The quantitative estimate of drug-likeness (QED) is 0.875. The van der Waals surface area contributed by atoms with Crippen molar-refractivity contribution in [2.45, 2.75) is 57.9 Å². The van der Waals surface area contributed by atoms with Gasteiger partial charge < -0.3 is 10.4 Å². The van der Waals surface area contributed by atoms with Crippen LogP contribution in [0, 0.1) is 12.8 Å². The van der Waals surface area contributed by atoms with E-state index in [9.17, 15) is 9.90 Å². The molecule has 0 radical (unpaired) electrons. The minimum Gasteiger partial charge on any atom is -0.394 e. The highest BCUT2D eigenvalue weighted by Crippen LogP contribution is 2.32. The maximum absolute atomic E-state index is 12.2. The van der Waals surface area contributed by atoms with Crippen molar-refractivity contribution in [1.29, 1.82) is 0 Å². The lowest BCUT2D eigenvalue weighted by atomic mass is 9.76. The summed E-state index contributed by atoms with van der Waals surface area (Å²) in [5.41, 5.74) is 2.03. The van der Waals surface area contributed by atoms with Gasteiger partial charge in [0.05, 0.1) is 12.1 Å². The van der Waals surface area contributed by atoms with Crippen molar-refractivity contribution in [2.75, 3.05) is 6.61 Å². The zero-order valence-electron chi connectivity index (χ0n) is 13.2. The summed E-state index contributed by atoms with van der Waals surface area (Å²) in [4.78, 5) is 12.2. The summed E-state index contributed by atoms with van der Waals surface area (Å²) in [5, 5.41) is 12.8. The molecule has 1 aliphatic rings. The fraction of sp³-hybridized carbons (Fsp3) is 0.611. The SMILES string of the molecule is Cc1cccc(CCC(=O)NC2(CO)CCCC(C)C2)c1. The number of aryl methyl sites for hydroxylation is 2. The Morgan fingerprint density at radius 3 is 2.95 bits per heavy atom. The average Bonchev–Trinajstić information content (AvgIpc) is 2.45. The highest BCUT2D eigenvalue weighted by atomic mass is 16.3. The third-order valence-electron chi connectivity index (χ3n) is 4.52. The van der Waals surface area contributed by atoms with Crippen LogP contribution >= 0.6 is 0 Å². The standard InChI is InChI=1S/C18H27NO2/c1-14-5-3-7-16(11-14)8-9-17(21)19-18(13-20)10-4-6-15(2)12-18/h3,5,7,11,15,20H,4,6,8-10,12-13H2,1-2H3,(H,19,21). The highest BCUT2D eigenvalue weighted by Gasteiger charge is 2.35. The maximum Gasteiger partial charge on any atom is 0.220 e. The van der Waals surface area contributed by atoms with E-state index in [1.165, 1.54) is 17.5 Å². The maximum atomic E-state index is 12.2. The number of carbonyl (C=O) groups is 1. The van der Waals surface area contributed by atoms with Crippen molar-refractivity contribution in [2.24, 2.45) is 5.92 Å². The van der Waals surface area contributed by atoms with Gasteiger partial charge in [0, 0.05) is 6.42 Å². The largest absolute Gasteiger partial charge is 0.394 e. The first-order valence-corrected chi connectivity index (χ1v) is 8.00. The number of carbonyl (C=O) groups excluding carboxylic acids is 1. The topological polar surface area (TPSA) is 49.3 Å². The number of aliphatic hydroxyl groups is 1. The molecule has 2 unspecified atom stereocenters. The van der Waals surface area contributed by atoms with Crippen molar-refractivity contribution in [1.82, 2.24) is 5.32 Å². The second-order valence-corrected chi connectivity index (χ2v) is 6.68. The Labute approximate surface area is 127 Å². The molecule has 1 aliphatic carbocycles. The van der Waals surface area contributed by atoms with E-state index in [0.29, 0.717) is 12.3 Å². The molecule has 0 aromatic heterocycles. The molecule has 21 heavy (non-hydrogen) atoms. The molecule has 116 valence electrons. The molecule has 3 nitrogen and oxygen atoms in total. The fourth-order valence-electron chi connectivity index (χ4n) is 3.44. The Hall–Kier alpha value is -1.35. The molecule has 1 aromatic rings. The molecular weight excluding hydrogens is 262 g/mol. The smallest absolute Gasteiger partial charge is 0.220 e. The summed E-state index contributed by atoms with van der Waals surface area (Å²) in [7, 11) is 0. The molecule has 1 amide bonds. The van der Waals surface area contributed by atoms with Gasteiger partial charge in [-0.15, -0.1) is 0 Å². The Morgan fingerprint density at radius 1 is 1.48 bits per heavy atom. The van der Waals surface area contributed by atoms with Crippen LogP contribution in [0.3, 0.4) is 0 Å². The molecule has 0 heterocycles. The summed E-state index contributed by atoms with van der Waals surface area (Å²) < 4.78 is 0. The number of amides is 1. The van der Waals surface area contributed by atoms with Crippen LogP contribution < -0.4 is 5.32 Å². The minimum atomic E-state index is -0.388. The fourth-order valence-corrected chi connectivity index (χ4v) is 3.44. The van der Waals surface area contributed by atoms with E-state index in [2.05, 4.69) is 37.4 Å². The molecular formula is C18H27NO2. The van der Waals surface area contributed by atoms with Crippen LogP contribution in [0.2, 0.25) is 0 Å². The van der Waals surface area contributed by atoms with Gasteiger partial charge in [-0.1, -0.05) is 49.6 Å². The lowest BCUT2D eigenvalue weighted by Gasteiger charge is -2.39. The molecule has 1 saturated carbocycles. The van der Waals surface area contributed by atoms with E-state index >= 15 is 0 Å². The molecule has 0 aliphatic heterocycles. The van der Waals surface area contributed by atoms with Crippen LogP contribution in [-0.4, -0.2) is 23.2 Å². The van der Waals surface area contributed by atoms with Gasteiger partial charge in [0.25, 0.3) is 0 Å². The van der Waals surface area contributed by atoms with E-state index in [0.717, 1.165) is 25.7 Å². The predicted molar refractivity (Wildman–Crippen MR) is 85.1 cm³/mol. The first kappa shape index (κ1) is 16.0. The zero-order chi connectivity index (χ0) is 15.3. The predicted octanol–water partition coefficient (Wildman–Crippen LogP) is 2.99. The zero-order valence-corrected chi connectivity index (χ0v) is 13.2. The van der Waals surface area contributed by atoms with Gasteiger partial charge in [-0.25, -0.2) is 0 Å². The van der Waals surface area contributed by atoms with Gasteiger partial charge in [-0.3, -0.25) is 4.79 Å². The first-order valence-electron chi connectivity index (χ1n) is 8.00. The van der Waals surface area contributed by atoms with Gasteiger partial charge in [-0.05, 0) is 37.7 Å². The summed E-state index contributed by atoms with van der Waals surface area (Å²) in [6.45, 7) is 4.31. The van der Waals surface area contributed by atoms with E-state index < -0.39 is 0 Å². The van der Waals surface area contributed by atoms with Crippen molar-refractivity contribution in [3.05, 3.63) is 35.4 Å². The van der Waals surface area contributed by atoms with Crippen molar-refractivity contribution < 1.29 is 9.90 Å². The molecule has 2 atom stereocenters. The second kappa shape index (κ2) is 7.08. The first-order chi connectivity index (χ1) is 10.0. The Kier molecular flexibility index (Phi) is 5.40. The van der Waals surface area contributed by atoms with E-state index in [1.54, 1.807) is 0 Å². The van der Waals surface area contributed by atoms with Gasteiger partial charge in [0.1, 0.15) is 0 Å². The number of hydrogen-bond acceptors (Lipinski definition) is 2. The summed E-state index contributed by atoms with van der Waals surface area (Å²) in [6.07, 6.45) is 5.30. The molecule has 1 aromatic carbocycles. The molecule has 0 saturated heterocycles. The van der Waals surface area contributed by atoms with Crippen molar-refractivity contribution in [3.8, 4) is 0 Å². The molecule has 3 heteroatoms. The van der Waals surface area contributed by atoms with Crippen LogP contribution in [-0.2, 0) is 11.2 Å². The van der Waals surface area contributed by atoms with Crippen LogP contribution in [0.1, 0.15) is 50.2 Å². The summed E-state index contributed by atoms with van der Waals surface area (Å²) in [5.74, 6) is 0.627. The Morgan fingerprint density at radius 2 is 2.29 bits per heavy atom. The highest BCUT2D eigenvalue weighted by molar-refractivity contribution is 5.77. The average molecular weight is 289 g/mol. The third kappa shape index (κ3) is 4.57. The number of nitrogens with one attached hydrogen (secondary N) is 1. The molecule has 2 rings (SSSR count). The Bertz CT molecular complexity index is 486. The molecule has 0 bridgehead atoms. The van der Waals surface area contributed by atoms with Crippen LogP contribution in [0.4, 0.5) is 0 Å². The van der Waals surface area contributed by atoms with Gasteiger partial charge in [0.15, 0.2) is 0 Å². The lowest BCUT2D eigenvalue weighted by molar-refractivity contribution is -0.124. The Balaban J connectivity index is 1.88. The van der Waals surface area contributed by atoms with Crippen molar-refractivity contribution >= 4 is 5.91 Å². The number of hydrogen-bond donors (Lipinski definition) is 2. The monoisotopic (exact) mass is 289 g/mol. The van der Waals surface area contributed by atoms with Crippen molar-refractivity contribution in [3.63, 3.8) is 0 Å². The van der Waals surface area contributed by atoms with Crippen LogP contribution in [0.15, 0.2) is 24.3 Å². The van der Waals surface area contributed by atoms with E-state index in [4.69, 9.17) is 0 Å². The molecule has 1 fully saturated rings. The third-order valence-corrected chi connectivity index (χ3v) is 4.52. The normalized spacial score (nSPS) is 25.6. The van der Waals surface area contributed by atoms with E-state index in [1.807, 2.05) is 6.07 Å². The number of rotatable bonds is 5. The second-order valence-electron chi connectivity index (χ2n) is 6.68. The summed E-state index contributed by atoms with van der Waals surface area (Å²) >= 11 is 0. The number of aliphatic hydroxyl groups excluding tert-OH is 1. The van der Waals surface area contributed by atoms with Gasteiger partial charge >= 0.3 is 0 Å². The van der Waals surface area contributed by atoms with Crippen LogP contribution in [0.25, 0.3) is 0 Å². The van der Waals surface area contributed by atoms with Gasteiger partial charge in [0.2, 0.25) is 5.91 Å². The lowest BCUT2D eigenvalue weighted by Crippen LogP contribution is -2.53. The van der Waals surface area contributed by atoms with E-state index in [-0.39, 0.29) is 18.1 Å². The minimum absolute atomic E-state index is 0.0491. The summed E-state index contributed by atoms with van der Waals surface area (Å²) in [6, 6.07) is 8.27. The van der Waals surface area contributed by atoms with Crippen LogP contribution in [0.5, 0.6) is 0 Å². The molecule has 0 spiro atoms. The van der Waals surface area contributed by atoms with Gasteiger partial charge in [-0.2, -0.15) is 0 Å². The number of benzene rings is 1.